The van der Waals surface area contributed by atoms with Gasteiger partial charge in [0.25, 0.3) is 5.91 Å². The number of β-amino-alcohol motifs (C(OH)–C–C–N with tert-alkyl or cyclic N) is 1. The van der Waals surface area contributed by atoms with E-state index in [1.54, 1.807) is 4.90 Å². The monoisotopic (exact) mass is 312 g/mol. The first-order valence-electron chi connectivity index (χ1n) is 8.26. The number of aliphatic hydroxyl groups excluding tert-OH is 1. The molecule has 1 atom stereocenters. The number of likely N-dealkylation sites (tertiary alicyclic amines) is 1. The number of aliphatic hydroxyl groups is 1. The van der Waals surface area contributed by atoms with Crippen LogP contribution in [0.4, 0.5) is 0 Å². The highest BCUT2D eigenvalue weighted by Crippen LogP contribution is 2.43. The Labute approximate surface area is 134 Å². The Hall–Kier alpha value is -2.14. The van der Waals surface area contributed by atoms with E-state index in [9.17, 15) is 9.90 Å². The fourth-order valence-electron chi connectivity index (χ4n) is 3.10. The summed E-state index contributed by atoms with van der Waals surface area (Å²) < 4.78 is 5.94. The van der Waals surface area contributed by atoms with Gasteiger partial charge in [0.1, 0.15) is 5.76 Å². The van der Waals surface area contributed by atoms with Crippen LogP contribution < -0.4 is 0 Å². The van der Waals surface area contributed by atoms with E-state index < -0.39 is 6.10 Å². The Morgan fingerprint density at radius 3 is 2.70 bits per heavy atom. The van der Waals surface area contributed by atoms with Crippen molar-refractivity contribution in [3.05, 3.63) is 41.8 Å². The molecule has 23 heavy (non-hydrogen) atoms. The van der Waals surface area contributed by atoms with Crippen molar-refractivity contribution < 1.29 is 14.3 Å². The lowest BCUT2D eigenvalue weighted by Gasteiger charge is -2.29. The summed E-state index contributed by atoms with van der Waals surface area (Å²) >= 11 is 0. The van der Waals surface area contributed by atoms with Gasteiger partial charge in [0.05, 0.1) is 6.10 Å². The van der Waals surface area contributed by atoms with Crippen LogP contribution in [-0.4, -0.2) is 40.1 Å². The van der Waals surface area contributed by atoms with Crippen molar-refractivity contribution in [3.63, 3.8) is 0 Å². The van der Waals surface area contributed by atoms with Crippen LogP contribution in [-0.2, 0) is 0 Å². The van der Waals surface area contributed by atoms with Gasteiger partial charge in [0.15, 0.2) is 5.69 Å². The molecule has 2 fully saturated rings. The summed E-state index contributed by atoms with van der Waals surface area (Å²) in [5.41, 5.74) is 1.31. The van der Waals surface area contributed by atoms with Gasteiger partial charge in [-0.15, -0.1) is 0 Å². The van der Waals surface area contributed by atoms with E-state index >= 15 is 0 Å². The zero-order valence-corrected chi connectivity index (χ0v) is 12.9. The minimum atomic E-state index is -0.433. The summed E-state index contributed by atoms with van der Waals surface area (Å²) in [4.78, 5) is 19.0. The topological polar surface area (TPSA) is 66.6 Å². The van der Waals surface area contributed by atoms with E-state index in [-0.39, 0.29) is 5.91 Å². The molecule has 1 amide bonds. The van der Waals surface area contributed by atoms with Gasteiger partial charge in [-0.1, -0.05) is 18.2 Å². The predicted molar refractivity (Wildman–Crippen MR) is 85.1 cm³/mol. The lowest BCUT2D eigenvalue weighted by molar-refractivity contribution is 0.0467. The maximum atomic E-state index is 12.8. The number of nitrogens with zero attached hydrogens (tertiary/aromatic N) is 2. The van der Waals surface area contributed by atoms with Crippen molar-refractivity contribution in [3.8, 4) is 11.5 Å². The number of carbonyl (C=O) groups is 1. The van der Waals surface area contributed by atoms with Crippen molar-refractivity contribution in [2.45, 2.75) is 37.7 Å². The number of hydrogen-bond donors (Lipinski definition) is 1. The number of carbonyl (C=O) groups excluding carboxylic acids is 1. The molecule has 0 bridgehead atoms. The average Bonchev–Trinajstić information content (AvgIpc) is 3.33. The first-order valence-corrected chi connectivity index (χ1v) is 8.26. The van der Waals surface area contributed by atoms with E-state index in [1.807, 2.05) is 30.3 Å². The molecule has 120 valence electrons. The summed E-state index contributed by atoms with van der Waals surface area (Å²) in [5.74, 6) is 1.42. The second-order valence-corrected chi connectivity index (χ2v) is 6.42. The zero-order chi connectivity index (χ0) is 15.8. The number of aromatic nitrogens is 1. The highest BCUT2D eigenvalue weighted by Gasteiger charge is 2.36. The second-order valence-electron chi connectivity index (χ2n) is 6.42. The molecule has 1 aliphatic heterocycles. The summed E-state index contributed by atoms with van der Waals surface area (Å²) in [5, 5.41) is 9.81. The molecule has 5 heteroatoms. The first kappa shape index (κ1) is 14.5. The zero-order valence-electron chi connectivity index (χ0n) is 12.9. The molecule has 1 N–H and O–H groups in total. The quantitative estimate of drug-likeness (QED) is 0.946. The lowest BCUT2D eigenvalue weighted by atomic mass is 10.1. The third-order valence-electron chi connectivity index (χ3n) is 4.51. The van der Waals surface area contributed by atoms with Crippen LogP contribution in [0.5, 0.6) is 0 Å². The highest BCUT2D eigenvalue weighted by molar-refractivity contribution is 5.94. The van der Waals surface area contributed by atoms with Gasteiger partial charge in [-0.05, 0) is 37.8 Å². The molecule has 5 nitrogen and oxygen atoms in total. The Morgan fingerprint density at radius 1 is 1.22 bits per heavy atom. The summed E-state index contributed by atoms with van der Waals surface area (Å²) in [6, 6.07) is 9.66. The standard InChI is InChI=1S/C18H20N2O3/c21-14-7-4-10-20(11-14)18(22)15-16(12-8-9-12)23-17(19-15)13-5-2-1-3-6-13/h1-3,5-6,12,14,21H,4,7-11H2. The van der Waals surface area contributed by atoms with Gasteiger partial charge >= 0.3 is 0 Å². The number of hydrogen-bond acceptors (Lipinski definition) is 4. The van der Waals surface area contributed by atoms with Gasteiger partial charge in [-0.3, -0.25) is 4.79 Å². The van der Waals surface area contributed by atoms with E-state index in [1.165, 1.54) is 0 Å². The van der Waals surface area contributed by atoms with Crippen molar-refractivity contribution in [1.29, 1.82) is 0 Å². The second kappa shape index (κ2) is 5.81. The van der Waals surface area contributed by atoms with Crippen LogP contribution in [0.2, 0.25) is 0 Å². The van der Waals surface area contributed by atoms with Gasteiger partial charge in [0, 0.05) is 24.6 Å². The maximum Gasteiger partial charge on any atom is 0.276 e. The Balaban J connectivity index is 1.67. The number of amides is 1. The SMILES string of the molecule is O=C(c1nc(-c2ccccc2)oc1C1CC1)N1CCCC(O)C1. The summed E-state index contributed by atoms with van der Waals surface area (Å²) in [7, 11) is 0. The van der Waals surface area contributed by atoms with Crippen LogP contribution >= 0.6 is 0 Å². The van der Waals surface area contributed by atoms with Crippen LogP contribution in [0.15, 0.2) is 34.7 Å². The van der Waals surface area contributed by atoms with Crippen molar-refractivity contribution >= 4 is 5.91 Å². The fourth-order valence-corrected chi connectivity index (χ4v) is 3.10. The molecule has 1 saturated carbocycles. The van der Waals surface area contributed by atoms with Crippen LogP contribution in [0, 0.1) is 0 Å². The van der Waals surface area contributed by atoms with E-state index in [4.69, 9.17) is 4.42 Å². The molecule has 0 radical (unpaired) electrons. The molecule has 1 saturated heterocycles. The Kier molecular flexibility index (Phi) is 3.65. The number of oxazole rings is 1. The smallest absolute Gasteiger partial charge is 0.276 e. The molecule has 4 rings (SSSR count). The average molecular weight is 312 g/mol. The molecular formula is C18H20N2O3. The van der Waals surface area contributed by atoms with E-state index in [0.717, 1.165) is 31.2 Å². The summed E-state index contributed by atoms with van der Waals surface area (Å²) in [6.45, 7) is 1.06. The van der Waals surface area contributed by atoms with Crippen LogP contribution in [0.3, 0.4) is 0 Å². The van der Waals surface area contributed by atoms with Crippen molar-refractivity contribution in [1.82, 2.24) is 9.88 Å². The molecule has 2 aliphatic rings. The van der Waals surface area contributed by atoms with Gasteiger partial charge in [-0.2, -0.15) is 0 Å². The van der Waals surface area contributed by atoms with Gasteiger partial charge in [-0.25, -0.2) is 4.98 Å². The van der Waals surface area contributed by atoms with Gasteiger partial charge < -0.3 is 14.4 Å². The summed E-state index contributed by atoms with van der Waals surface area (Å²) in [6.07, 6.45) is 3.25. The number of rotatable bonds is 3. The molecular weight excluding hydrogens is 292 g/mol. The van der Waals surface area contributed by atoms with Gasteiger partial charge in [0.2, 0.25) is 5.89 Å². The minimum absolute atomic E-state index is 0.114. The maximum absolute atomic E-state index is 12.8. The Morgan fingerprint density at radius 2 is 2.00 bits per heavy atom. The molecule has 0 spiro atoms. The highest BCUT2D eigenvalue weighted by atomic mass is 16.4. The fraction of sp³-hybridized carbons (Fsp3) is 0.444. The first-order chi connectivity index (χ1) is 11.2. The van der Waals surface area contributed by atoms with E-state index in [0.29, 0.717) is 36.4 Å². The molecule has 1 unspecified atom stereocenters. The Bertz CT molecular complexity index is 706. The van der Waals surface area contributed by atoms with E-state index in [2.05, 4.69) is 4.98 Å². The molecule has 1 aliphatic carbocycles. The lowest BCUT2D eigenvalue weighted by Crippen LogP contribution is -2.42. The normalized spacial score (nSPS) is 21.4. The minimum Gasteiger partial charge on any atom is -0.440 e. The number of piperidine rings is 1. The third-order valence-corrected chi connectivity index (χ3v) is 4.51. The van der Waals surface area contributed by atoms with Crippen molar-refractivity contribution in [2.24, 2.45) is 0 Å². The van der Waals surface area contributed by atoms with Crippen LogP contribution in [0.25, 0.3) is 11.5 Å². The number of benzene rings is 1. The predicted octanol–water partition coefficient (Wildman–Crippen LogP) is 2.82. The largest absolute Gasteiger partial charge is 0.440 e. The molecule has 1 aromatic heterocycles. The van der Waals surface area contributed by atoms with Crippen molar-refractivity contribution in [2.75, 3.05) is 13.1 Å². The molecule has 2 aromatic rings. The molecule has 1 aromatic carbocycles. The third kappa shape index (κ3) is 2.88. The van der Waals surface area contributed by atoms with Crippen LogP contribution in [0.1, 0.15) is 47.8 Å². The molecule has 2 heterocycles.